The molecule has 7 nitrogen and oxygen atoms in total. The van der Waals surface area contributed by atoms with Gasteiger partial charge in [-0.15, -0.1) is 0 Å². The SMILES string of the molecule is COc1ccc2[nH]cc(CCNC(=O)c3cn4cccnc4n3)c2c1. The zero-order chi connectivity index (χ0) is 17.2. The largest absolute Gasteiger partial charge is 0.497 e. The lowest BCUT2D eigenvalue weighted by atomic mass is 10.1. The molecule has 126 valence electrons. The Labute approximate surface area is 143 Å². The Morgan fingerprint density at radius 2 is 2.32 bits per heavy atom. The summed E-state index contributed by atoms with van der Waals surface area (Å²) in [7, 11) is 1.65. The van der Waals surface area contributed by atoms with Crippen molar-refractivity contribution in [1.29, 1.82) is 0 Å². The van der Waals surface area contributed by atoms with Gasteiger partial charge in [-0.2, -0.15) is 0 Å². The highest BCUT2D eigenvalue weighted by Gasteiger charge is 2.11. The number of aromatic nitrogens is 4. The van der Waals surface area contributed by atoms with Crippen LogP contribution in [0.15, 0.2) is 49.1 Å². The fourth-order valence-corrected chi connectivity index (χ4v) is 2.83. The predicted octanol–water partition coefficient (Wildman–Crippen LogP) is 2.19. The second kappa shape index (κ2) is 6.27. The Morgan fingerprint density at radius 1 is 1.40 bits per heavy atom. The van der Waals surface area contributed by atoms with Gasteiger partial charge in [-0.25, -0.2) is 9.97 Å². The lowest BCUT2D eigenvalue weighted by molar-refractivity contribution is 0.0949. The maximum absolute atomic E-state index is 12.3. The van der Waals surface area contributed by atoms with E-state index in [1.807, 2.05) is 30.6 Å². The van der Waals surface area contributed by atoms with Crippen molar-refractivity contribution in [3.8, 4) is 5.75 Å². The number of fused-ring (bicyclic) bond motifs is 2. The second-order valence-corrected chi connectivity index (χ2v) is 5.68. The quantitative estimate of drug-likeness (QED) is 0.585. The van der Waals surface area contributed by atoms with Gasteiger partial charge in [-0.3, -0.25) is 9.20 Å². The number of hydrogen-bond acceptors (Lipinski definition) is 4. The third-order valence-electron chi connectivity index (χ3n) is 4.12. The fourth-order valence-electron chi connectivity index (χ4n) is 2.83. The molecule has 0 bridgehead atoms. The van der Waals surface area contributed by atoms with Gasteiger partial charge in [0.25, 0.3) is 5.91 Å². The Bertz CT molecular complexity index is 1020. The third-order valence-corrected chi connectivity index (χ3v) is 4.12. The first-order chi connectivity index (χ1) is 12.2. The number of methoxy groups -OCH3 is 1. The van der Waals surface area contributed by atoms with Crippen LogP contribution in [0.4, 0.5) is 0 Å². The summed E-state index contributed by atoms with van der Waals surface area (Å²) in [5.74, 6) is 1.12. The fraction of sp³-hybridized carbons (Fsp3) is 0.167. The number of imidazole rings is 1. The lowest BCUT2D eigenvalue weighted by Crippen LogP contribution is -2.25. The number of amides is 1. The van der Waals surface area contributed by atoms with Crippen LogP contribution in [-0.4, -0.2) is 38.9 Å². The highest BCUT2D eigenvalue weighted by atomic mass is 16.5. The number of benzene rings is 1. The molecule has 3 aromatic heterocycles. The maximum atomic E-state index is 12.3. The van der Waals surface area contributed by atoms with Crippen molar-refractivity contribution >= 4 is 22.6 Å². The van der Waals surface area contributed by atoms with Crippen LogP contribution in [-0.2, 0) is 6.42 Å². The van der Waals surface area contributed by atoms with E-state index in [4.69, 9.17) is 4.74 Å². The highest BCUT2D eigenvalue weighted by molar-refractivity contribution is 5.92. The summed E-state index contributed by atoms with van der Waals surface area (Å²) >= 11 is 0. The minimum absolute atomic E-state index is 0.206. The second-order valence-electron chi connectivity index (χ2n) is 5.68. The van der Waals surface area contributed by atoms with Gasteiger partial charge in [0, 0.05) is 42.2 Å². The molecule has 3 heterocycles. The van der Waals surface area contributed by atoms with E-state index in [1.165, 1.54) is 0 Å². The first kappa shape index (κ1) is 15.2. The average molecular weight is 335 g/mol. The molecule has 7 heteroatoms. The summed E-state index contributed by atoms with van der Waals surface area (Å²) in [5, 5.41) is 4.01. The van der Waals surface area contributed by atoms with Gasteiger partial charge in [-0.1, -0.05) is 0 Å². The standard InChI is InChI=1S/C18H17N5O2/c1-25-13-3-4-15-14(9-13)12(10-21-15)5-7-19-17(24)16-11-23-8-2-6-20-18(23)22-16/h2-4,6,8-11,21H,5,7H2,1H3,(H,19,24). The summed E-state index contributed by atoms with van der Waals surface area (Å²) in [6, 6.07) is 7.69. The van der Waals surface area contributed by atoms with Crippen molar-refractivity contribution in [1.82, 2.24) is 24.7 Å². The van der Waals surface area contributed by atoms with Gasteiger partial charge in [0.05, 0.1) is 7.11 Å². The van der Waals surface area contributed by atoms with Crippen LogP contribution in [0.25, 0.3) is 16.7 Å². The Kier molecular flexibility index (Phi) is 3.81. The van der Waals surface area contributed by atoms with Gasteiger partial charge >= 0.3 is 0 Å². The molecular weight excluding hydrogens is 318 g/mol. The number of H-pyrrole nitrogens is 1. The van der Waals surface area contributed by atoms with Crippen molar-refractivity contribution in [2.24, 2.45) is 0 Å². The molecule has 25 heavy (non-hydrogen) atoms. The van der Waals surface area contributed by atoms with Crippen LogP contribution in [0.3, 0.4) is 0 Å². The predicted molar refractivity (Wildman–Crippen MR) is 93.9 cm³/mol. The Hall–Kier alpha value is -3.35. The minimum Gasteiger partial charge on any atom is -0.497 e. The summed E-state index contributed by atoms with van der Waals surface area (Å²) in [4.78, 5) is 23.8. The van der Waals surface area contributed by atoms with Gasteiger partial charge in [0.2, 0.25) is 5.78 Å². The number of rotatable bonds is 5. The summed E-state index contributed by atoms with van der Waals surface area (Å²) in [6.45, 7) is 0.518. The molecule has 4 rings (SSSR count). The van der Waals surface area contributed by atoms with Crippen LogP contribution < -0.4 is 10.1 Å². The number of nitrogens with one attached hydrogen (secondary N) is 2. The van der Waals surface area contributed by atoms with E-state index in [2.05, 4.69) is 20.3 Å². The molecule has 2 N–H and O–H groups in total. The minimum atomic E-state index is -0.206. The molecule has 0 aliphatic heterocycles. The van der Waals surface area contributed by atoms with E-state index in [0.717, 1.165) is 22.2 Å². The normalized spacial score (nSPS) is 11.1. The van der Waals surface area contributed by atoms with E-state index in [-0.39, 0.29) is 5.91 Å². The zero-order valence-electron chi connectivity index (χ0n) is 13.7. The molecule has 0 radical (unpaired) electrons. The molecule has 0 fully saturated rings. The molecule has 0 aliphatic carbocycles. The first-order valence-electron chi connectivity index (χ1n) is 7.96. The first-order valence-corrected chi connectivity index (χ1v) is 7.96. The number of hydrogen-bond donors (Lipinski definition) is 2. The number of ether oxygens (including phenoxy) is 1. The van der Waals surface area contributed by atoms with E-state index < -0.39 is 0 Å². The topological polar surface area (TPSA) is 84.3 Å². The Morgan fingerprint density at radius 3 is 3.16 bits per heavy atom. The molecule has 1 aromatic carbocycles. The molecular formula is C18H17N5O2. The highest BCUT2D eigenvalue weighted by Crippen LogP contribution is 2.23. The number of carbonyl (C=O) groups is 1. The molecule has 4 aromatic rings. The van der Waals surface area contributed by atoms with Crippen LogP contribution in [0, 0.1) is 0 Å². The van der Waals surface area contributed by atoms with Gasteiger partial charge < -0.3 is 15.0 Å². The molecule has 1 amide bonds. The van der Waals surface area contributed by atoms with Crippen molar-refractivity contribution in [2.75, 3.05) is 13.7 Å². The van der Waals surface area contributed by atoms with Gasteiger partial charge in [-0.05, 0) is 36.2 Å². The molecule has 0 unspecified atom stereocenters. The van der Waals surface area contributed by atoms with Crippen molar-refractivity contribution in [2.45, 2.75) is 6.42 Å². The third kappa shape index (κ3) is 2.91. The molecule has 0 atom stereocenters. The number of aromatic amines is 1. The van der Waals surface area contributed by atoms with Gasteiger partial charge in [0.15, 0.2) is 0 Å². The van der Waals surface area contributed by atoms with E-state index in [1.54, 1.807) is 30.0 Å². The van der Waals surface area contributed by atoms with Gasteiger partial charge in [0.1, 0.15) is 11.4 Å². The van der Waals surface area contributed by atoms with Crippen LogP contribution >= 0.6 is 0 Å². The smallest absolute Gasteiger partial charge is 0.271 e. The molecule has 0 spiro atoms. The van der Waals surface area contributed by atoms with Crippen LogP contribution in [0.2, 0.25) is 0 Å². The van der Waals surface area contributed by atoms with Crippen molar-refractivity contribution < 1.29 is 9.53 Å². The van der Waals surface area contributed by atoms with Crippen molar-refractivity contribution in [3.05, 3.63) is 60.3 Å². The maximum Gasteiger partial charge on any atom is 0.271 e. The van der Waals surface area contributed by atoms with E-state index in [0.29, 0.717) is 24.4 Å². The summed E-state index contributed by atoms with van der Waals surface area (Å²) < 4.78 is 7.00. The van der Waals surface area contributed by atoms with Crippen LogP contribution in [0.5, 0.6) is 5.75 Å². The summed E-state index contributed by atoms with van der Waals surface area (Å²) in [5.41, 5.74) is 2.54. The number of nitrogens with zero attached hydrogens (tertiary/aromatic N) is 3. The summed E-state index contributed by atoms with van der Waals surface area (Å²) in [6.07, 6.45) is 7.81. The molecule has 0 saturated heterocycles. The van der Waals surface area contributed by atoms with E-state index >= 15 is 0 Å². The van der Waals surface area contributed by atoms with E-state index in [9.17, 15) is 4.79 Å². The average Bonchev–Trinajstić information content (AvgIpc) is 3.25. The zero-order valence-corrected chi connectivity index (χ0v) is 13.7. The Balaban J connectivity index is 1.44. The van der Waals surface area contributed by atoms with Crippen molar-refractivity contribution in [3.63, 3.8) is 0 Å². The monoisotopic (exact) mass is 335 g/mol. The number of carbonyl (C=O) groups excluding carboxylic acids is 1. The molecule has 0 aliphatic rings. The van der Waals surface area contributed by atoms with Crippen LogP contribution in [0.1, 0.15) is 16.1 Å². The molecule has 0 saturated carbocycles. The lowest BCUT2D eigenvalue weighted by Gasteiger charge is -2.04.